The van der Waals surface area contributed by atoms with Gasteiger partial charge in [0.2, 0.25) is 0 Å². The van der Waals surface area contributed by atoms with Crippen molar-refractivity contribution in [2.24, 2.45) is 0 Å². The van der Waals surface area contributed by atoms with Crippen LogP contribution in [-0.2, 0) is 9.53 Å². The Morgan fingerprint density at radius 3 is 2.36 bits per heavy atom. The summed E-state index contributed by atoms with van der Waals surface area (Å²) < 4.78 is 10.9. The van der Waals surface area contributed by atoms with Gasteiger partial charge in [0, 0.05) is 13.1 Å². The zero-order chi connectivity index (χ0) is 16.5. The van der Waals surface area contributed by atoms with Crippen LogP contribution in [0.1, 0.15) is 23.6 Å². The van der Waals surface area contributed by atoms with E-state index in [1.807, 2.05) is 39.8 Å². The average Bonchev–Trinajstić information content (AvgIpc) is 2.46. The van der Waals surface area contributed by atoms with Crippen LogP contribution in [0, 0.1) is 20.8 Å². The minimum Gasteiger partial charge on any atom is -0.483 e. The van der Waals surface area contributed by atoms with Gasteiger partial charge in [-0.25, -0.2) is 0 Å². The first-order chi connectivity index (χ1) is 10.5. The molecule has 0 aliphatic rings. The van der Waals surface area contributed by atoms with Crippen molar-refractivity contribution in [3.8, 4) is 5.75 Å². The number of benzene rings is 1. The highest BCUT2D eigenvalue weighted by molar-refractivity contribution is 5.77. The molecule has 5 heteroatoms. The molecule has 0 bridgehead atoms. The SMILES string of the molecule is CCN(CCOCCO)C(=O)COc1c(C)cc(C)cc1C. The summed E-state index contributed by atoms with van der Waals surface area (Å²) in [7, 11) is 0. The van der Waals surface area contributed by atoms with Crippen LogP contribution in [0.2, 0.25) is 0 Å². The summed E-state index contributed by atoms with van der Waals surface area (Å²) in [6.45, 7) is 9.79. The van der Waals surface area contributed by atoms with Crippen molar-refractivity contribution < 1.29 is 19.4 Å². The summed E-state index contributed by atoms with van der Waals surface area (Å²) in [5.74, 6) is 0.723. The Morgan fingerprint density at radius 1 is 1.18 bits per heavy atom. The Bertz CT molecular complexity index is 465. The topological polar surface area (TPSA) is 59.0 Å². The molecule has 0 aliphatic carbocycles. The molecule has 1 aromatic rings. The van der Waals surface area contributed by atoms with Gasteiger partial charge in [0.1, 0.15) is 5.75 Å². The quantitative estimate of drug-likeness (QED) is 0.707. The molecule has 0 radical (unpaired) electrons. The van der Waals surface area contributed by atoms with Crippen LogP contribution in [0.25, 0.3) is 0 Å². The second-order valence-corrected chi connectivity index (χ2v) is 5.33. The van der Waals surface area contributed by atoms with Gasteiger partial charge in [0.15, 0.2) is 6.61 Å². The fraction of sp³-hybridized carbons (Fsp3) is 0.588. The average molecular weight is 309 g/mol. The molecule has 22 heavy (non-hydrogen) atoms. The van der Waals surface area contributed by atoms with E-state index >= 15 is 0 Å². The first-order valence-corrected chi connectivity index (χ1v) is 7.66. The van der Waals surface area contributed by atoms with Gasteiger partial charge in [-0.2, -0.15) is 0 Å². The molecule has 1 rings (SSSR count). The molecule has 0 aromatic heterocycles. The zero-order valence-electron chi connectivity index (χ0n) is 14.0. The number of likely N-dealkylation sites (N-methyl/N-ethyl adjacent to an activating group) is 1. The van der Waals surface area contributed by atoms with Crippen molar-refractivity contribution in [2.75, 3.05) is 39.5 Å². The number of rotatable bonds is 9. The number of aryl methyl sites for hydroxylation is 3. The minimum absolute atomic E-state index is 0.00480. The van der Waals surface area contributed by atoms with E-state index < -0.39 is 0 Å². The fourth-order valence-electron chi connectivity index (χ4n) is 2.42. The lowest BCUT2D eigenvalue weighted by atomic mass is 10.1. The Labute approximate surface area is 132 Å². The van der Waals surface area contributed by atoms with E-state index in [0.717, 1.165) is 16.9 Å². The molecule has 0 spiro atoms. The second-order valence-electron chi connectivity index (χ2n) is 5.33. The van der Waals surface area contributed by atoms with Gasteiger partial charge in [-0.1, -0.05) is 17.7 Å². The van der Waals surface area contributed by atoms with Gasteiger partial charge in [0.25, 0.3) is 5.91 Å². The summed E-state index contributed by atoms with van der Waals surface area (Å²) in [6, 6.07) is 4.10. The molecule has 1 amide bonds. The highest BCUT2D eigenvalue weighted by Crippen LogP contribution is 2.24. The molecular weight excluding hydrogens is 282 g/mol. The van der Waals surface area contributed by atoms with E-state index in [1.54, 1.807) is 4.90 Å². The summed E-state index contributed by atoms with van der Waals surface area (Å²) in [5.41, 5.74) is 3.27. The van der Waals surface area contributed by atoms with Gasteiger partial charge < -0.3 is 19.5 Å². The third kappa shape index (κ3) is 5.66. The largest absolute Gasteiger partial charge is 0.483 e. The number of hydrogen-bond donors (Lipinski definition) is 1. The number of carbonyl (C=O) groups is 1. The maximum Gasteiger partial charge on any atom is 0.260 e. The van der Waals surface area contributed by atoms with Gasteiger partial charge in [-0.3, -0.25) is 4.79 Å². The van der Waals surface area contributed by atoms with Crippen LogP contribution in [0.15, 0.2) is 12.1 Å². The molecule has 0 fully saturated rings. The maximum absolute atomic E-state index is 12.2. The van der Waals surface area contributed by atoms with Gasteiger partial charge in [-0.05, 0) is 38.8 Å². The zero-order valence-corrected chi connectivity index (χ0v) is 14.0. The Kier molecular flexibility index (Phi) is 7.91. The number of nitrogens with zero attached hydrogens (tertiary/aromatic N) is 1. The van der Waals surface area contributed by atoms with Gasteiger partial charge in [0.05, 0.1) is 19.8 Å². The van der Waals surface area contributed by atoms with E-state index in [9.17, 15) is 4.79 Å². The van der Waals surface area contributed by atoms with Crippen molar-refractivity contribution in [3.63, 3.8) is 0 Å². The van der Waals surface area contributed by atoms with Crippen molar-refractivity contribution in [1.29, 1.82) is 0 Å². The molecule has 0 aliphatic heterocycles. The van der Waals surface area contributed by atoms with Crippen LogP contribution >= 0.6 is 0 Å². The number of ether oxygens (including phenoxy) is 2. The standard InChI is InChI=1S/C17H27NO4/c1-5-18(6-8-21-9-7-19)16(20)12-22-17-14(3)10-13(2)11-15(17)4/h10-11,19H,5-9,12H2,1-4H3. The van der Waals surface area contributed by atoms with E-state index in [-0.39, 0.29) is 19.1 Å². The number of carbonyl (C=O) groups excluding carboxylic acids is 1. The van der Waals surface area contributed by atoms with E-state index in [0.29, 0.717) is 26.3 Å². The monoisotopic (exact) mass is 309 g/mol. The van der Waals surface area contributed by atoms with Crippen LogP contribution in [-0.4, -0.2) is 55.4 Å². The van der Waals surface area contributed by atoms with E-state index in [4.69, 9.17) is 14.6 Å². The highest BCUT2D eigenvalue weighted by atomic mass is 16.5. The first-order valence-electron chi connectivity index (χ1n) is 7.66. The van der Waals surface area contributed by atoms with Crippen LogP contribution in [0.5, 0.6) is 5.75 Å². The van der Waals surface area contributed by atoms with E-state index in [2.05, 4.69) is 0 Å². The predicted octanol–water partition coefficient (Wildman–Crippen LogP) is 1.85. The molecule has 5 nitrogen and oxygen atoms in total. The Morgan fingerprint density at radius 2 is 1.82 bits per heavy atom. The molecular formula is C17H27NO4. The molecule has 0 atom stereocenters. The van der Waals surface area contributed by atoms with Crippen molar-refractivity contribution >= 4 is 5.91 Å². The lowest BCUT2D eigenvalue weighted by molar-refractivity contribution is -0.134. The third-order valence-corrected chi connectivity index (χ3v) is 3.42. The maximum atomic E-state index is 12.2. The molecule has 1 aromatic carbocycles. The summed E-state index contributed by atoms with van der Waals surface area (Å²) in [6.07, 6.45) is 0. The third-order valence-electron chi connectivity index (χ3n) is 3.42. The smallest absolute Gasteiger partial charge is 0.260 e. The number of aliphatic hydroxyl groups excluding tert-OH is 1. The second kappa shape index (κ2) is 9.43. The van der Waals surface area contributed by atoms with Gasteiger partial charge in [-0.15, -0.1) is 0 Å². The van der Waals surface area contributed by atoms with Crippen LogP contribution in [0.3, 0.4) is 0 Å². The first kappa shape index (κ1) is 18.5. The normalized spacial score (nSPS) is 10.6. The number of hydrogen-bond acceptors (Lipinski definition) is 4. The van der Waals surface area contributed by atoms with E-state index in [1.165, 1.54) is 5.56 Å². The molecule has 0 heterocycles. The summed E-state index contributed by atoms with van der Waals surface area (Å²) >= 11 is 0. The van der Waals surface area contributed by atoms with Crippen molar-refractivity contribution in [1.82, 2.24) is 4.90 Å². The Hall–Kier alpha value is -1.59. The minimum atomic E-state index is -0.0607. The lowest BCUT2D eigenvalue weighted by Gasteiger charge is -2.21. The lowest BCUT2D eigenvalue weighted by Crippen LogP contribution is -2.37. The molecule has 0 saturated heterocycles. The van der Waals surface area contributed by atoms with Crippen molar-refractivity contribution in [2.45, 2.75) is 27.7 Å². The van der Waals surface area contributed by atoms with Crippen LogP contribution in [0.4, 0.5) is 0 Å². The summed E-state index contributed by atoms with van der Waals surface area (Å²) in [4.78, 5) is 13.9. The van der Waals surface area contributed by atoms with Crippen LogP contribution < -0.4 is 4.74 Å². The molecule has 124 valence electrons. The molecule has 0 saturated carbocycles. The number of aliphatic hydroxyl groups is 1. The molecule has 0 unspecified atom stereocenters. The highest BCUT2D eigenvalue weighted by Gasteiger charge is 2.14. The van der Waals surface area contributed by atoms with Crippen molar-refractivity contribution in [3.05, 3.63) is 28.8 Å². The Balaban J connectivity index is 2.53. The summed E-state index contributed by atoms with van der Waals surface area (Å²) in [5, 5.41) is 8.65. The predicted molar refractivity (Wildman–Crippen MR) is 86.3 cm³/mol. The van der Waals surface area contributed by atoms with Gasteiger partial charge >= 0.3 is 0 Å². The number of amides is 1. The molecule has 1 N–H and O–H groups in total. The fourth-order valence-corrected chi connectivity index (χ4v) is 2.42.